The standard InChI is InChI=1S/C16H20N4O2S2/c1-3-17-16(22)20-12(21)8-23-14-13-10-6-4-5-7-11(10)24-15(13)19-9(2)18-14/h3-8H2,1-2H3,(H2,17,20,21,22). The maximum atomic E-state index is 11.9. The van der Waals surface area contributed by atoms with Gasteiger partial charge in [0.2, 0.25) is 5.91 Å². The third-order valence-electron chi connectivity index (χ3n) is 3.82. The van der Waals surface area contributed by atoms with Gasteiger partial charge in [-0.15, -0.1) is 11.3 Å². The molecule has 0 fully saturated rings. The van der Waals surface area contributed by atoms with Crippen molar-refractivity contribution in [3.63, 3.8) is 0 Å². The molecule has 0 saturated heterocycles. The van der Waals surface area contributed by atoms with Crippen LogP contribution in [0.5, 0.6) is 0 Å². The number of aryl methyl sites for hydroxylation is 3. The topological polar surface area (TPSA) is 84.0 Å². The molecule has 0 radical (unpaired) electrons. The average molecular weight is 364 g/mol. The van der Waals surface area contributed by atoms with Gasteiger partial charge in [0.1, 0.15) is 15.7 Å². The number of carbonyl (C=O) groups excluding carboxylic acids is 2. The molecule has 0 spiro atoms. The van der Waals surface area contributed by atoms with Gasteiger partial charge in [0.05, 0.1) is 5.75 Å². The molecule has 3 rings (SSSR count). The summed E-state index contributed by atoms with van der Waals surface area (Å²) in [5.74, 6) is 0.556. The van der Waals surface area contributed by atoms with E-state index in [4.69, 9.17) is 0 Å². The van der Waals surface area contributed by atoms with Crippen LogP contribution in [-0.2, 0) is 17.6 Å². The van der Waals surface area contributed by atoms with Crippen molar-refractivity contribution in [3.05, 3.63) is 16.3 Å². The summed E-state index contributed by atoms with van der Waals surface area (Å²) in [6, 6.07) is -0.458. The van der Waals surface area contributed by atoms with Crippen LogP contribution in [0.2, 0.25) is 0 Å². The highest BCUT2D eigenvalue weighted by Gasteiger charge is 2.21. The number of fused-ring (bicyclic) bond motifs is 3. The van der Waals surface area contributed by atoms with Gasteiger partial charge in [0.25, 0.3) is 0 Å². The summed E-state index contributed by atoms with van der Waals surface area (Å²) in [4.78, 5) is 34.9. The number of urea groups is 1. The highest BCUT2D eigenvalue weighted by molar-refractivity contribution is 8.00. The lowest BCUT2D eigenvalue weighted by Gasteiger charge is -2.11. The van der Waals surface area contributed by atoms with Gasteiger partial charge in [-0.1, -0.05) is 11.8 Å². The second kappa shape index (κ2) is 7.48. The van der Waals surface area contributed by atoms with E-state index in [9.17, 15) is 9.59 Å². The summed E-state index contributed by atoms with van der Waals surface area (Å²) in [7, 11) is 0. The van der Waals surface area contributed by atoms with E-state index in [1.165, 1.54) is 35.0 Å². The normalized spacial score (nSPS) is 13.6. The molecule has 0 saturated carbocycles. The van der Waals surface area contributed by atoms with Gasteiger partial charge in [-0.05, 0) is 45.1 Å². The van der Waals surface area contributed by atoms with Crippen molar-refractivity contribution in [2.24, 2.45) is 0 Å². The van der Waals surface area contributed by atoms with Crippen molar-refractivity contribution in [2.75, 3.05) is 12.3 Å². The number of hydrogen-bond acceptors (Lipinski definition) is 6. The van der Waals surface area contributed by atoms with Crippen LogP contribution in [-0.4, -0.2) is 34.2 Å². The third-order valence-corrected chi connectivity index (χ3v) is 5.98. The van der Waals surface area contributed by atoms with Crippen LogP contribution >= 0.6 is 23.1 Å². The molecule has 24 heavy (non-hydrogen) atoms. The zero-order valence-corrected chi connectivity index (χ0v) is 15.4. The van der Waals surface area contributed by atoms with E-state index in [1.54, 1.807) is 18.3 Å². The molecule has 0 aromatic carbocycles. The Kier molecular flexibility index (Phi) is 5.35. The lowest BCUT2D eigenvalue weighted by Crippen LogP contribution is -2.40. The summed E-state index contributed by atoms with van der Waals surface area (Å²) < 4.78 is 0. The molecule has 1 aliphatic rings. The van der Waals surface area contributed by atoms with Crippen LogP contribution in [0.25, 0.3) is 10.2 Å². The second-order valence-corrected chi connectivity index (χ2v) is 7.71. The minimum absolute atomic E-state index is 0.160. The fraction of sp³-hybridized carbons (Fsp3) is 0.500. The zero-order chi connectivity index (χ0) is 17.1. The highest BCUT2D eigenvalue weighted by atomic mass is 32.2. The summed E-state index contributed by atoms with van der Waals surface area (Å²) in [5.41, 5.74) is 1.35. The van der Waals surface area contributed by atoms with Crippen LogP contribution in [0.1, 0.15) is 36.0 Å². The van der Waals surface area contributed by atoms with E-state index < -0.39 is 6.03 Å². The Morgan fingerprint density at radius 2 is 2.04 bits per heavy atom. The number of imide groups is 1. The second-order valence-electron chi connectivity index (χ2n) is 5.66. The van der Waals surface area contributed by atoms with Crippen LogP contribution < -0.4 is 10.6 Å². The number of thioether (sulfide) groups is 1. The highest BCUT2D eigenvalue weighted by Crippen LogP contribution is 2.39. The first-order valence-electron chi connectivity index (χ1n) is 8.08. The molecule has 2 N–H and O–H groups in total. The number of hydrogen-bond donors (Lipinski definition) is 2. The molecular formula is C16H20N4O2S2. The van der Waals surface area contributed by atoms with Crippen LogP contribution in [0.4, 0.5) is 4.79 Å². The Morgan fingerprint density at radius 1 is 1.25 bits per heavy atom. The molecule has 1 aliphatic carbocycles. The number of carbonyl (C=O) groups is 2. The van der Waals surface area contributed by atoms with E-state index in [1.807, 2.05) is 6.92 Å². The van der Waals surface area contributed by atoms with Crippen molar-refractivity contribution in [1.29, 1.82) is 0 Å². The van der Waals surface area contributed by atoms with Crippen molar-refractivity contribution < 1.29 is 9.59 Å². The van der Waals surface area contributed by atoms with Crippen LogP contribution in [0, 0.1) is 6.92 Å². The lowest BCUT2D eigenvalue weighted by atomic mass is 9.97. The van der Waals surface area contributed by atoms with Gasteiger partial charge in [0, 0.05) is 16.8 Å². The van der Waals surface area contributed by atoms with Gasteiger partial charge in [-0.25, -0.2) is 14.8 Å². The molecule has 8 heteroatoms. The van der Waals surface area contributed by atoms with E-state index in [0.29, 0.717) is 12.4 Å². The summed E-state index contributed by atoms with van der Waals surface area (Å²) >= 11 is 3.12. The van der Waals surface area contributed by atoms with E-state index in [-0.39, 0.29) is 11.7 Å². The summed E-state index contributed by atoms with van der Waals surface area (Å²) in [6.45, 7) is 4.16. The monoisotopic (exact) mass is 364 g/mol. The van der Waals surface area contributed by atoms with Gasteiger partial charge in [-0.2, -0.15) is 0 Å². The zero-order valence-electron chi connectivity index (χ0n) is 13.8. The molecule has 0 unspecified atom stereocenters. The first-order chi connectivity index (χ1) is 11.6. The van der Waals surface area contributed by atoms with Crippen molar-refractivity contribution >= 4 is 45.3 Å². The maximum Gasteiger partial charge on any atom is 0.321 e. The number of nitrogens with one attached hydrogen (secondary N) is 2. The predicted molar refractivity (Wildman–Crippen MR) is 96.7 cm³/mol. The van der Waals surface area contributed by atoms with Crippen LogP contribution in [0.15, 0.2) is 5.03 Å². The fourth-order valence-electron chi connectivity index (χ4n) is 2.83. The minimum atomic E-state index is -0.458. The summed E-state index contributed by atoms with van der Waals surface area (Å²) in [6.07, 6.45) is 4.58. The molecule has 2 aromatic heterocycles. The molecule has 128 valence electrons. The molecular weight excluding hydrogens is 344 g/mol. The Hall–Kier alpha value is -1.67. The smallest absolute Gasteiger partial charge is 0.321 e. The Bertz CT molecular complexity index is 788. The number of thiophene rings is 1. The van der Waals surface area contributed by atoms with Crippen molar-refractivity contribution in [2.45, 2.75) is 44.6 Å². The molecule has 0 aliphatic heterocycles. The molecule has 0 atom stereocenters. The Morgan fingerprint density at radius 3 is 2.83 bits per heavy atom. The average Bonchev–Trinajstić information content (AvgIpc) is 2.90. The number of aromatic nitrogens is 2. The largest absolute Gasteiger partial charge is 0.338 e. The number of amides is 3. The first-order valence-corrected chi connectivity index (χ1v) is 9.88. The van der Waals surface area contributed by atoms with Crippen LogP contribution in [0.3, 0.4) is 0 Å². The number of rotatable bonds is 4. The molecule has 2 heterocycles. The predicted octanol–water partition coefficient (Wildman–Crippen LogP) is 2.82. The quantitative estimate of drug-likeness (QED) is 0.644. The lowest BCUT2D eigenvalue weighted by molar-refractivity contribution is -0.117. The van der Waals surface area contributed by atoms with Gasteiger partial charge >= 0.3 is 6.03 Å². The SMILES string of the molecule is CCNC(=O)NC(=O)CSc1nc(C)nc2sc3c(c12)CCCC3. The maximum absolute atomic E-state index is 11.9. The minimum Gasteiger partial charge on any atom is -0.338 e. The number of nitrogens with zero attached hydrogens (tertiary/aromatic N) is 2. The molecule has 0 bridgehead atoms. The van der Waals surface area contributed by atoms with E-state index >= 15 is 0 Å². The van der Waals surface area contributed by atoms with Gasteiger partial charge in [-0.3, -0.25) is 10.1 Å². The van der Waals surface area contributed by atoms with Gasteiger partial charge in [0.15, 0.2) is 0 Å². The molecule has 6 nitrogen and oxygen atoms in total. The summed E-state index contributed by atoms with van der Waals surface area (Å²) in [5, 5.41) is 6.82. The van der Waals surface area contributed by atoms with Crippen molar-refractivity contribution in [3.8, 4) is 0 Å². The van der Waals surface area contributed by atoms with Crippen molar-refractivity contribution in [1.82, 2.24) is 20.6 Å². The van der Waals surface area contributed by atoms with Gasteiger partial charge < -0.3 is 5.32 Å². The third kappa shape index (κ3) is 3.70. The molecule has 3 amide bonds. The Labute approximate surface area is 148 Å². The first kappa shape index (κ1) is 17.2. The van der Waals surface area contributed by atoms with E-state index in [0.717, 1.165) is 28.1 Å². The fourth-order valence-corrected chi connectivity index (χ4v) is 5.10. The van der Waals surface area contributed by atoms with E-state index in [2.05, 4.69) is 20.6 Å². The Balaban J connectivity index is 1.80. The molecule has 2 aromatic rings.